The van der Waals surface area contributed by atoms with Crippen LogP contribution in [0.25, 0.3) is 0 Å². The fourth-order valence-corrected chi connectivity index (χ4v) is 3.76. The Morgan fingerprint density at radius 2 is 2.00 bits per heavy atom. The highest BCUT2D eigenvalue weighted by atomic mass is 35.5. The number of rotatable bonds is 8. The van der Waals surface area contributed by atoms with Gasteiger partial charge in [-0.15, -0.1) is 0 Å². The molecule has 0 aliphatic carbocycles. The van der Waals surface area contributed by atoms with Gasteiger partial charge in [-0.3, -0.25) is 9.59 Å². The molecular weight excluding hydrogens is 416 g/mol. The maximum absolute atomic E-state index is 12.9. The summed E-state index contributed by atoms with van der Waals surface area (Å²) in [4.78, 5) is 38.1. The molecule has 1 atom stereocenters. The molecule has 1 heterocycles. The van der Waals surface area contributed by atoms with E-state index in [1.54, 1.807) is 35.7 Å². The number of esters is 1. The SMILES string of the molecule is COC(=O)[C@@H](CCSC)NC(=O)c1cc(Cl)ccc1OC1CCN(C(C)=O)CC1. The lowest BCUT2D eigenvalue weighted by Crippen LogP contribution is -2.42. The molecular formula is C20H27ClN2O5S. The molecule has 29 heavy (non-hydrogen) atoms. The Balaban J connectivity index is 2.11. The number of nitrogens with one attached hydrogen (secondary N) is 1. The Bertz CT molecular complexity index is 738. The van der Waals surface area contributed by atoms with Gasteiger partial charge in [0.25, 0.3) is 5.91 Å². The number of ether oxygens (including phenoxy) is 2. The van der Waals surface area contributed by atoms with Gasteiger partial charge in [0.1, 0.15) is 17.9 Å². The van der Waals surface area contributed by atoms with E-state index in [0.29, 0.717) is 48.9 Å². The van der Waals surface area contributed by atoms with Crippen LogP contribution in [0.3, 0.4) is 0 Å². The molecule has 0 bridgehead atoms. The Hall–Kier alpha value is -1.93. The monoisotopic (exact) mass is 442 g/mol. The number of hydrogen-bond acceptors (Lipinski definition) is 6. The minimum Gasteiger partial charge on any atom is -0.489 e. The number of hydrogen-bond donors (Lipinski definition) is 1. The zero-order valence-corrected chi connectivity index (χ0v) is 18.5. The first kappa shape index (κ1) is 23.3. The Morgan fingerprint density at radius 1 is 1.31 bits per heavy atom. The highest BCUT2D eigenvalue weighted by Crippen LogP contribution is 2.26. The van der Waals surface area contributed by atoms with Gasteiger partial charge in [0.2, 0.25) is 5.91 Å². The highest BCUT2D eigenvalue weighted by Gasteiger charge is 2.26. The van der Waals surface area contributed by atoms with Crippen LogP contribution in [0.1, 0.15) is 36.5 Å². The van der Waals surface area contributed by atoms with Crippen molar-refractivity contribution in [2.24, 2.45) is 0 Å². The first-order valence-corrected chi connectivity index (χ1v) is 11.2. The topological polar surface area (TPSA) is 84.9 Å². The van der Waals surface area contributed by atoms with Gasteiger partial charge in [0.05, 0.1) is 12.7 Å². The second kappa shape index (κ2) is 11.3. The normalized spacial score (nSPS) is 15.5. The van der Waals surface area contributed by atoms with E-state index in [2.05, 4.69) is 5.32 Å². The molecule has 1 aliphatic heterocycles. The molecule has 0 spiro atoms. The summed E-state index contributed by atoms with van der Waals surface area (Å²) in [6.07, 6.45) is 3.64. The van der Waals surface area contributed by atoms with E-state index in [1.807, 2.05) is 6.26 Å². The van der Waals surface area contributed by atoms with Gasteiger partial charge in [-0.2, -0.15) is 11.8 Å². The first-order valence-electron chi connectivity index (χ1n) is 9.45. The van der Waals surface area contributed by atoms with E-state index in [1.165, 1.54) is 13.2 Å². The lowest BCUT2D eigenvalue weighted by molar-refractivity contribution is -0.143. The molecule has 1 N–H and O–H groups in total. The summed E-state index contributed by atoms with van der Waals surface area (Å²) in [7, 11) is 1.29. The number of benzene rings is 1. The van der Waals surface area contributed by atoms with Gasteiger partial charge in [-0.05, 0) is 36.6 Å². The van der Waals surface area contributed by atoms with Crippen molar-refractivity contribution in [3.8, 4) is 5.75 Å². The number of likely N-dealkylation sites (tertiary alicyclic amines) is 1. The number of piperidine rings is 1. The quantitative estimate of drug-likeness (QED) is 0.623. The zero-order chi connectivity index (χ0) is 21.4. The van der Waals surface area contributed by atoms with E-state index < -0.39 is 17.9 Å². The molecule has 160 valence electrons. The maximum atomic E-state index is 12.9. The summed E-state index contributed by atoms with van der Waals surface area (Å²) in [6.45, 7) is 2.79. The molecule has 0 saturated carbocycles. The Kier molecular flexibility index (Phi) is 9.10. The average Bonchev–Trinajstić information content (AvgIpc) is 2.72. The van der Waals surface area contributed by atoms with Crippen molar-refractivity contribution in [3.05, 3.63) is 28.8 Å². The van der Waals surface area contributed by atoms with E-state index in [4.69, 9.17) is 21.1 Å². The van der Waals surface area contributed by atoms with Gasteiger partial charge in [0, 0.05) is 37.9 Å². The standard InChI is InChI=1S/C20H27ClN2O5S/c1-13(24)23-9-6-15(7-10-23)28-18-5-4-14(21)12-16(18)19(25)22-17(8-11-29-3)20(26)27-2/h4-5,12,15,17H,6-11H2,1-3H3,(H,22,25)/t17-/m1/s1. The van der Waals surface area contributed by atoms with Gasteiger partial charge in [-0.25, -0.2) is 4.79 Å². The lowest BCUT2D eigenvalue weighted by Gasteiger charge is -2.32. The van der Waals surface area contributed by atoms with Crippen LogP contribution in [-0.4, -0.2) is 67.0 Å². The lowest BCUT2D eigenvalue weighted by atomic mass is 10.1. The summed E-state index contributed by atoms with van der Waals surface area (Å²) < 4.78 is 10.9. The molecule has 7 nitrogen and oxygen atoms in total. The van der Waals surface area contributed by atoms with Gasteiger partial charge in [0.15, 0.2) is 0 Å². The Labute approximate surface area is 180 Å². The zero-order valence-electron chi connectivity index (χ0n) is 16.9. The number of nitrogens with zero attached hydrogens (tertiary/aromatic N) is 1. The molecule has 2 amide bonds. The molecule has 0 aromatic heterocycles. The fourth-order valence-electron chi connectivity index (χ4n) is 3.11. The van der Waals surface area contributed by atoms with Gasteiger partial charge in [-0.1, -0.05) is 11.6 Å². The van der Waals surface area contributed by atoms with E-state index >= 15 is 0 Å². The largest absolute Gasteiger partial charge is 0.489 e. The summed E-state index contributed by atoms with van der Waals surface area (Å²) >= 11 is 7.67. The molecule has 0 unspecified atom stereocenters. The summed E-state index contributed by atoms with van der Waals surface area (Å²) in [5.74, 6) is 0.220. The van der Waals surface area contributed by atoms with Crippen LogP contribution in [0.5, 0.6) is 5.75 Å². The molecule has 1 aliphatic rings. The number of amides is 2. The van der Waals surface area contributed by atoms with Crippen molar-refractivity contribution < 1.29 is 23.9 Å². The number of methoxy groups -OCH3 is 1. The van der Waals surface area contributed by atoms with Crippen molar-refractivity contribution >= 4 is 41.1 Å². The van der Waals surface area contributed by atoms with Crippen LogP contribution in [-0.2, 0) is 14.3 Å². The van der Waals surface area contributed by atoms with Crippen LogP contribution in [0, 0.1) is 0 Å². The summed E-state index contributed by atoms with van der Waals surface area (Å²) in [5, 5.41) is 3.12. The molecule has 2 rings (SSSR count). The Morgan fingerprint density at radius 3 is 2.59 bits per heavy atom. The minimum absolute atomic E-state index is 0.0501. The summed E-state index contributed by atoms with van der Waals surface area (Å²) in [6, 6.07) is 4.10. The van der Waals surface area contributed by atoms with E-state index in [-0.39, 0.29) is 17.6 Å². The second-order valence-electron chi connectivity index (χ2n) is 6.79. The second-order valence-corrected chi connectivity index (χ2v) is 8.22. The molecule has 9 heteroatoms. The predicted molar refractivity (Wildman–Crippen MR) is 114 cm³/mol. The predicted octanol–water partition coefficient (Wildman–Crippen LogP) is 2.75. The van der Waals surface area contributed by atoms with Crippen LogP contribution < -0.4 is 10.1 Å². The fraction of sp³-hybridized carbons (Fsp3) is 0.550. The number of thioether (sulfide) groups is 1. The molecule has 1 aromatic rings. The highest BCUT2D eigenvalue weighted by molar-refractivity contribution is 7.98. The number of halogens is 1. The average molecular weight is 443 g/mol. The van der Waals surface area contributed by atoms with E-state index in [9.17, 15) is 14.4 Å². The van der Waals surface area contributed by atoms with Gasteiger partial charge >= 0.3 is 5.97 Å². The van der Waals surface area contributed by atoms with Crippen LogP contribution in [0.15, 0.2) is 18.2 Å². The van der Waals surface area contributed by atoms with E-state index in [0.717, 1.165) is 0 Å². The third-order valence-electron chi connectivity index (χ3n) is 4.77. The van der Waals surface area contributed by atoms with Crippen molar-refractivity contribution in [3.63, 3.8) is 0 Å². The molecule has 1 fully saturated rings. The smallest absolute Gasteiger partial charge is 0.328 e. The third kappa shape index (κ3) is 6.82. The molecule has 0 radical (unpaired) electrons. The van der Waals surface area contributed by atoms with Crippen LogP contribution >= 0.6 is 23.4 Å². The number of carbonyl (C=O) groups excluding carboxylic acids is 3. The van der Waals surface area contributed by atoms with Crippen molar-refractivity contribution in [2.75, 3.05) is 32.2 Å². The van der Waals surface area contributed by atoms with Gasteiger partial charge < -0.3 is 19.7 Å². The molecule has 1 saturated heterocycles. The summed E-state index contributed by atoms with van der Waals surface area (Å²) in [5.41, 5.74) is 0.268. The van der Waals surface area contributed by atoms with Crippen molar-refractivity contribution in [1.82, 2.24) is 10.2 Å². The minimum atomic E-state index is -0.745. The third-order valence-corrected chi connectivity index (χ3v) is 5.65. The van der Waals surface area contributed by atoms with Crippen molar-refractivity contribution in [1.29, 1.82) is 0 Å². The van der Waals surface area contributed by atoms with Crippen molar-refractivity contribution in [2.45, 2.75) is 38.3 Å². The molecule has 1 aromatic carbocycles. The first-order chi connectivity index (χ1) is 13.8. The van der Waals surface area contributed by atoms with Crippen LogP contribution in [0.4, 0.5) is 0 Å². The maximum Gasteiger partial charge on any atom is 0.328 e. The van der Waals surface area contributed by atoms with Crippen LogP contribution in [0.2, 0.25) is 5.02 Å². The number of carbonyl (C=O) groups is 3.